The number of methoxy groups -OCH3 is 1. The van der Waals surface area contributed by atoms with E-state index in [2.05, 4.69) is 5.32 Å². The van der Waals surface area contributed by atoms with Crippen LogP contribution in [-0.2, 0) is 17.6 Å². The average Bonchev–Trinajstić information content (AvgIpc) is 3.22. The van der Waals surface area contributed by atoms with Crippen LogP contribution in [-0.4, -0.2) is 28.7 Å². The summed E-state index contributed by atoms with van der Waals surface area (Å²) < 4.78 is 5.28. The largest absolute Gasteiger partial charge is 0.497 e. The minimum Gasteiger partial charge on any atom is -0.497 e. The molecule has 0 unspecified atom stereocenters. The van der Waals surface area contributed by atoms with Gasteiger partial charge in [-0.05, 0) is 67.6 Å². The molecule has 7 heteroatoms. The Hall–Kier alpha value is -2.90. The number of benzene rings is 2. The first-order chi connectivity index (χ1) is 15.7. The molecular formula is C25H23N3O2S2. The van der Waals surface area contributed by atoms with E-state index < -0.39 is 0 Å². The summed E-state index contributed by atoms with van der Waals surface area (Å²) in [7, 11) is 1.66. The number of aryl methyl sites for hydroxylation is 2. The van der Waals surface area contributed by atoms with Crippen molar-refractivity contribution in [2.75, 3.05) is 18.2 Å². The molecule has 0 fully saturated rings. The van der Waals surface area contributed by atoms with Crippen molar-refractivity contribution in [3.63, 3.8) is 0 Å². The summed E-state index contributed by atoms with van der Waals surface area (Å²) in [5.74, 6) is 1.75. The van der Waals surface area contributed by atoms with Gasteiger partial charge in [0.25, 0.3) is 0 Å². The summed E-state index contributed by atoms with van der Waals surface area (Å²) in [5.41, 5.74) is 3.12. The van der Waals surface area contributed by atoms with Gasteiger partial charge in [0, 0.05) is 21.5 Å². The van der Waals surface area contributed by atoms with Gasteiger partial charge in [-0.3, -0.25) is 4.79 Å². The van der Waals surface area contributed by atoms with Gasteiger partial charge in [0.15, 0.2) is 5.82 Å². The highest BCUT2D eigenvalue weighted by molar-refractivity contribution is 8.00. The normalized spacial score (nSPS) is 13.0. The molecule has 0 atom stereocenters. The van der Waals surface area contributed by atoms with Gasteiger partial charge in [-0.1, -0.05) is 30.0 Å². The monoisotopic (exact) mass is 461 g/mol. The van der Waals surface area contributed by atoms with Gasteiger partial charge in [0.1, 0.15) is 15.6 Å². The highest BCUT2D eigenvalue weighted by atomic mass is 32.2. The van der Waals surface area contributed by atoms with E-state index in [1.54, 1.807) is 18.4 Å². The number of amides is 1. The van der Waals surface area contributed by atoms with Gasteiger partial charge in [-0.25, -0.2) is 9.97 Å². The van der Waals surface area contributed by atoms with E-state index in [1.807, 2.05) is 54.6 Å². The molecule has 5 rings (SSSR count). The maximum atomic E-state index is 12.6. The summed E-state index contributed by atoms with van der Waals surface area (Å²) in [6.45, 7) is 0. The summed E-state index contributed by atoms with van der Waals surface area (Å²) in [5, 5.41) is 4.99. The third-order valence-electron chi connectivity index (χ3n) is 5.53. The van der Waals surface area contributed by atoms with Gasteiger partial charge < -0.3 is 10.1 Å². The SMILES string of the molecule is COc1ccc(-c2nc(SCC(=O)Nc3ccccc3)c3c4c(sc3n2)CCCC4)cc1. The third kappa shape index (κ3) is 4.36. The van der Waals surface area contributed by atoms with Crippen LogP contribution in [0.4, 0.5) is 5.69 Å². The summed E-state index contributed by atoms with van der Waals surface area (Å²) in [4.78, 5) is 24.9. The first-order valence-corrected chi connectivity index (χ1v) is 12.5. The number of anilines is 1. The van der Waals surface area contributed by atoms with Crippen LogP contribution in [0.2, 0.25) is 0 Å². The van der Waals surface area contributed by atoms with Crippen LogP contribution in [0, 0.1) is 0 Å². The first kappa shape index (κ1) is 21.0. The van der Waals surface area contributed by atoms with Crippen LogP contribution in [0.3, 0.4) is 0 Å². The summed E-state index contributed by atoms with van der Waals surface area (Å²) in [6.07, 6.45) is 4.58. The number of nitrogens with zero attached hydrogens (tertiary/aromatic N) is 2. The number of nitrogens with one attached hydrogen (secondary N) is 1. The molecule has 2 aromatic carbocycles. The molecule has 0 saturated carbocycles. The number of aromatic nitrogens is 2. The van der Waals surface area contributed by atoms with Crippen molar-refractivity contribution < 1.29 is 9.53 Å². The van der Waals surface area contributed by atoms with Crippen LogP contribution in [0.25, 0.3) is 21.6 Å². The lowest BCUT2D eigenvalue weighted by Gasteiger charge is -2.12. The first-order valence-electron chi connectivity index (χ1n) is 10.7. The van der Waals surface area contributed by atoms with Gasteiger partial charge in [0.2, 0.25) is 5.91 Å². The minimum absolute atomic E-state index is 0.0388. The van der Waals surface area contributed by atoms with Gasteiger partial charge in [-0.15, -0.1) is 11.3 Å². The molecule has 32 heavy (non-hydrogen) atoms. The van der Waals surface area contributed by atoms with Crippen molar-refractivity contribution in [2.45, 2.75) is 30.7 Å². The molecule has 1 aliphatic rings. The van der Waals surface area contributed by atoms with E-state index in [-0.39, 0.29) is 5.91 Å². The predicted molar refractivity (Wildman–Crippen MR) is 132 cm³/mol. The van der Waals surface area contributed by atoms with E-state index in [0.29, 0.717) is 11.6 Å². The third-order valence-corrected chi connectivity index (χ3v) is 7.69. The molecule has 0 aliphatic heterocycles. The quantitative estimate of drug-likeness (QED) is 0.283. The predicted octanol–water partition coefficient (Wildman–Crippen LogP) is 5.98. The van der Waals surface area contributed by atoms with Crippen LogP contribution < -0.4 is 10.1 Å². The average molecular weight is 462 g/mol. The minimum atomic E-state index is -0.0388. The van der Waals surface area contributed by atoms with E-state index >= 15 is 0 Å². The van der Waals surface area contributed by atoms with Crippen molar-refractivity contribution in [1.29, 1.82) is 0 Å². The van der Waals surface area contributed by atoms with Crippen molar-refractivity contribution >= 4 is 44.9 Å². The molecule has 2 aromatic heterocycles. The molecule has 162 valence electrons. The second-order valence-electron chi connectivity index (χ2n) is 7.67. The van der Waals surface area contributed by atoms with Crippen molar-refractivity contribution in [3.05, 3.63) is 65.0 Å². The van der Waals surface area contributed by atoms with Crippen molar-refractivity contribution in [2.24, 2.45) is 0 Å². The molecule has 5 nitrogen and oxygen atoms in total. The molecule has 1 amide bonds. The highest BCUT2D eigenvalue weighted by Gasteiger charge is 2.22. The maximum Gasteiger partial charge on any atom is 0.234 e. The van der Waals surface area contributed by atoms with Gasteiger partial charge in [-0.2, -0.15) is 0 Å². The second-order valence-corrected chi connectivity index (χ2v) is 9.72. The number of thioether (sulfide) groups is 1. The number of hydrogen-bond donors (Lipinski definition) is 1. The number of carbonyl (C=O) groups excluding carboxylic acids is 1. The molecular weight excluding hydrogens is 438 g/mol. The van der Waals surface area contributed by atoms with E-state index in [9.17, 15) is 4.79 Å². The molecule has 1 aliphatic carbocycles. The topological polar surface area (TPSA) is 64.1 Å². The molecule has 2 heterocycles. The number of fused-ring (bicyclic) bond motifs is 3. The number of carbonyl (C=O) groups is 1. The van der Waals surface area contributed by atoms with Crippen LogP contribution >= 0.6 is 23.1 Å². The Morgan fingerprint density at radius 3 is 2.62 bits per heavy atom. The maximum absolute atomic E-state index is 12.6. The van der Waals surface area contributed by atoms with Crippen LogP contribution in [0.15, 0.2) is 59.6 Å². The Balaban J connectivity index is 1.48. The van der Waals surface area contributed by atoms with Crippen LogP contribution in [0.1, 0.15) is 23.3 Å². The lowest BCUT2D eigenvalue weighted by Crippen LogP contribution is -2.14. The zero-order valence-electron chi connectivity index (χ0n) is 17.8. The Morgan fingerprint density at radius 2 is 1.84 bits per heavy atom. The van der Waals surface area contributed by atoms with Gasteiger partial charge in [0.05, 0.1) is 12.9 Å². The number of para-hydroxylation sites is 1. The van der Waals surface area contributed by atoms with E-state index in [1.165, 1.54) is 35.0 Å². The Labute approximate surface area is 195 Å². The molecule has 1 N–H and O–H groups in total. The van der Waals surface area contributed by atoms with Crippen molar-refractivity contribution in [3.8, 4) is 17.1 Å². The molecule has 4 aromatic rings. The highest BCUT2D eigenvalue weighted by Crippen LogP contribution is 2.40. The summed E-state index contributed by atoms with van der Waals surface area (Å²) >= 11 is 3.27. The number of ether oxygens (including phenoxy) is 1. The fourth-order valence-corrected chi connectivity index (χ4v) is 6.13. The number of rotatable bonds is 6. The smallest absolute Gasteiger partial charge is 0.234 e. The molecule has 0 spiro atoms. The number of hydrogen-bond acceptors (Lipinski definition) is 6. The van der Waals surface area contributed by atoms with Crippen LogP contribution in [0.5, 0.6) is 5.75 Å². The Morgan fingerprint density at radius 1 is 1.06 bits per heavy atom. The zero-order chi connectivity index (χ0) is 21.9. The standard InChI is InChI=1S/C25H23N3O2S2/c1-30-18-13-11-16(12-14-18)23-27-24(31-15-21(29)26-17-7-3-2-4-8-17)22-19-9-5-6-10-20(19)32-25(22)28-23/h2-4,7-8,11-14H,5-6,9-10,15H2,1H3,(H,26,29). The Kier molecular flexibility index (Phi) is 6.10. The lowest BCUT2D eigenvalue weighted by molar-refractivity contribution is -0.113. The zero-order valence-corrected chi connectivity index (χ0v) is 19.4. The molecule has 0 bridgehead atoms. The fourth-order valence-electron chi connectivity index (χ4n) is 3.95. The fraction of sp³-hybridized carbons (Fsp3) is 0.240. The molecule has 0 radical (unpaired) electrons. The number of thiophene rings is 1. The second kappa shape index (κ2) is 9.30. The van der Waals surface area contributed by atoms with Crippen molar-refractivity contribution in [1.82, 2.24) is 9.97 Å². The van der Waals surface area contributed by atoms with E-state index in [0.717, 1.165) is 45.1 Å². The molecule has 0 saturated heterocycles. The summed E-state index contributed by atoms with van der Waals surface area (Å²) in [6, 6.07) is 17.3. The van der Waals surface area contributed by atoms with Gasteiger partial charge >= 0.3 is 0 Å². The van der Waals surface area contributed by atoms with E-state index in [4.69, 9.17) is 14.7 Å². The Bertz CT molecular complexity index is 1250. The lowest BCUT2D eigenvalue weighted by atomic mass is 9.97.